The summed E-state index contributed by atoms with van der Waals surface area (Å²) >= 11 is 3.16. The average Bonchev–Trinajstić information content (AvgIpc) is 2.47. The molecule has 1 aromatic carbocycles. The minimum Gasteiger partial charge on any atom is -0.370 e. The lowest BCUT2D eigenvalue weighted by Crippen LogP contribution is -2.09. The van der Waals surface area contributed by atoms with Crippen molar-refractivity contribution in [2.45, 2.75) is 33.6 Å². The molecule has 2 rings (SSSR count). The lowest BCUT2D eigenvalue weighted by atomic mass is 10.1. The Balaban J connectivity index is 2.48. The molecular weight excluding hydrogens is 333 g/mol. The summed E-state index contributed by atoms with van der Waals surface area (Å²) in [7, 11) is 0. The zero-order valence-electron chi connectivity index (χ0n) is 12.5. The zero-order valence-corrected chi connectivity index (χ0v) is 14.1. The number of benzene rings is 1. The van der Waals surface area contributed by atoms with Gasteiger partial charge in [-0.15, -0.1) is 0 Å². The largest absolute Gasteiger partial charge is 0.370 e. The third-order valence-electron chi connectivity index (χ3n) is 3.29. The SMILES string of the molecule is CCCNc1nc(-c2ccc(Br)c(F)c2)nc(C)c1CC. The van der Waals surface area contributed by atoms with Crippen molar-refractivity contribution in [2.75, 3.05) is 11.9 Å². The molecule has 1 N–H and O–H groups in total. The van der Waals surface area contributed by atoms with Crippen molar-refractivity contribution in [3.05, 3.63) is 39.7 Å². The lowest BCUT2D eigenvalue weighted by molar-refractivity contribution is 0.621. The molecule has 1 aromatic heterocycles. The van der Waals surface area contributed by atoms with E-state index in [4.69, 9.17) is 0 Å². The number of hydrogen-bond acceptors (Lipinski definition) is 3. The van der Waals surface area contributed by atoms with Gasteiger partial charge in [-0.25, -0.2) is 14.4 Å². The van der Waals surface area contributed by atoms with Crippen LogP contribution in [0.5, 0.6) is 0 Å². The Morgan fingerprint density at radius 1 is 1.24 bits per heavy atom. The highest BCUT2D eigenvalue weighted by Crippen LogP contribution is 2.25. The molecule has 0 aliphatic carbocycles. The molecule has 0 aliphatic rings. The summed E-state index contributed by atoms with van der Waals surface area (Å²) in [6.45, 7) is 7.02. The van der Waals surface area contributed by atoms with E-state index >= 15 is 0 Å². The first kappa shape index (κ1) is 15.9. The number of nitrogens with one attached hydrogen (secondary N) is 1. The van der Waals surface area contributed by atoms with E-state index < -0.39 is 0 Å². The number of nitrogens with zero attached hydrogens (tertiary/aromatic N) is 2. The Hall–Kier alpha value is -1.49. The van der Waals surface area contributed by atoms with Crippen molar-refractivity contribution < 1.29 is 4.39 Å². The first-order valence-corrected chi connectivity index (χ1v) is 7.92. The zero-order chi connectivity index (χ0) is 15.4. The van der Waals surface area contributed by atoms with Crippen molar-refractivity contribution in [3.63, 3.8) is 0 Å². The molecule has 0 atom stereocenters. The van der Waals surface area contributed by atoms with E-state index in [1.54, 1.807) is 6.07 Å². The van der Waals surface area contributed by atoms with Crippen molar-refractivity contribution in [1.82, 2.24) is 9.97 Å². The van der Waals surface area contributed by atoms with Crippen LogP contribution in [0.2, 0.25) is 0 Å². The Kier molecular flexibility index (Phi) is 5.28. The number of rotatable bonds is 5. The van der Waals surface area contributed by atoms with Crippen LogP contribution in [0.25, 0.3) is 11.4 Å². The molecule has 0 aliphatic heterocycles. The van der Waals surface area contributed by atoms with Crippen molar-refractivity contribution >= 4 is 21.7 Å². The average molecular weight is 352 g/mol. The molecule has 0 spiro atoms. The third kappa shape index (κ3) is 3.59. The van der Waals surface area contributed by atoms with Crippen LogP contribution in [0, 0.1) is 12.7 Å². The van der Waals surface area contributed by atoms with Gasteiger partial charge in [0.05, 0.1) is 4.47 Å². The molecule has 0 saturated heterocycles. The van der Waals surface area contributed by atoms with Crippen LogP contribution < -0.4 is 5.32 Å². The Morgan fingerprint density at radius 2 is 2.00 bits per heavy atom. The van der Waals surface area contributed by atoms with Gasteiger partial charge in [0.25, 0.3) is 0 Å². The summed E-state index contributed by atoms with van der Waals surface area (Å²) in [4.78, 5) is 9.10. The highest BCUT2D eigenvalue weighted by molar-refractivity contribution is 9.10. The van der Waals surface area contributed by atoms with Crippen LogP contribution in [0.4, 0.5) is 10.2 Å². The van der Waals surface area contributed by atoms with E-state index in [9.17, 15) is 4.39 Å². The van der Waals surface area contributed by atoms with E-state index in [2.05, 4.69) is 45.1 Å². The van der Waals surface area contributed by atoms with Gasteiger partial charge in [0.2, 0.25) is 0 Å². The van der Waals surface area contributed by atoms with E-state index in [0.717, 1.165) is 36.5 Å². The second-order valence-corrected chi connectivity index (χ2v) is 5.72. The maximum Gasteiger partial charge on any atom is 0.161 e. The van der Waals surface area contributed by atoms with Crippen LogP contribution in [0.1, 0.15) is 31.5 Å². The summed E-state index contributed by atoms with van der Waals surface area (Å²) in [6, 6.07) is 4.95. The van der Waals surface area contributed by atoms with Crippen LogP contribution in [-0.2, 0) is 6.42 Å². The smallest absolute Gasteiger partial charge is 0.161 e. The van der Waals surface area contributed by atoms with Crippen molar-refractivity contribution in [1.29, 1.82) is 0 Å². The lowest BCUT2D eigenvalue weighted by Gasteiger charge is -2.13. The fourth-order valence-electron chi connectivity index (χ4n) is 2.17. The first-order valence-electron chi connectivity index (χ1n) is 7.13. The maximum atomic E-state index is 13.7. The number of aryl methyl sites for hydroxylation is 1. The maximum absolute atomic E-state index is 13.7. The van der Waals surface area contributed by atoms with E-state index in [0.29, 0.717) is 15.9 Å². The van der Waals surface area contributed by atoms with Gasteiger partial charge >= 0.3 is 0 Å². The molecule has 0 unspecified atom stereocenters. The van der Waals surface area contributed by atoms with Gasteiger partial charge in [-0.2, -0.15) is 0 Å². The normalized spacial score (nSPS) is 10.7. The molecule has 1 heterocycles. The summed E-state index contributed by atoms with van der Waals surface area (Å²) < 4.78 is 14.1. The molecule has 21 heavy (non-hydrogen) atoms. The summed E-state index contributed by atoms with van der Waals surface area (Å²) in [5, 5.41) is 3.34. The molecule has 112 valence electrons. The van der Waals surface area contributed by atoms with Gasteiger partial charge in [-0.05, 0) is 53.9 Å². The van der Waals surface area contributed by atoms with Crippen molar-refractivity contribution in [2.24, 2.45) is 0 Å². The number of hydrogen-bond donors (Lipinski definition) is 1. The fraction of sp³-hybridized carbons (Fsp3) is 0.375. The van der Waals surface area contributed by atoms with Crippen LogP contribution in [0.3, 0.4) is 0 Å². The third-order valence-corrected chi connectivity index (χ3v) is 3.93. The number of halogens is 2. The Labute approximate surface area is 133 Å². The molecule has 2 aromatic rings. The van der Waals surface area contributed by atoms with Crippen LogP contribution >= 0.6 is 15.9 Å². The van der Waals surface area contributed by atoms with Gasteiger partial charge in [-0.1, -0.05) is 13.8 Å². The minimum atomic E-state index is -0.309. The quantitative estimate of drug-likeness (QED) is 0.845. The topological polar surface area (TPSA) is 37.8 Å². The van der Waals surface area contributed by atoms with Crippen LogP contribution in [0.15, 0.2) is 22.7 Å². The summed E-state index contributed by atoms with van der Waals surface area (Å²) in [5.41, 5.74) is 2.73. The van der Waals surface area contributed by atoms with E-state index in [1.165, 1.54) is 6.07 Å². The predicted molar refractivity (Wildman–Crippen MR) is 88.0 cm³/mol. The van der Waals surface area contributed by atoms with Gasteiger partial charge in [0.1, 0.15) is 11.6 Å². The number of anilines is 1. The highest BCUT2D eigenvalue weighted by atomic mass is 79.9. The van der Waals surface area contributed by atoms with Gasteiger partial charge in [0, 0.05) is 23.4 Å². The van der Waals surface area contributed by atoms with E-state index in [-0.39, 0.29) is 5.82 Å². The second-order valence-electron chi connectivity index (χ2n) is 4.87. The van der Waals surface area contributed by atoms with Gasteiger partial charge < -0.3 is 5.32 Å². The summed E-state index contributed by atoms with van der Waals surface area (Å²) in [6.07, 6.45) is 1.89. The Morgan fingerprint density at radius 3 is 2.62 bits per heavy atom. The van der Waals surface area contributed by atoms with Gasteiger partial charge in [0.15, 0.2) is 5.82 Å². The second kappa shape index (κ2) is 6.98. The first-order chi connectivity index (χ1) is 10.1. The molecule has 0 amide bonds. The number of aromatic nitrogens is 2. The molecule has 0 saturated carbocycles. The molecule has 0 radical (unpaired) electrons. The molecule has 0 bridgehead atoms. The summed E-state index contributed by atoms with van der Waals surface area (Å²) in [5.74, 6) is 1.09. The van der Waals surface area contributed by atoms with Gasteiger partial charge in [-0.3, -0.25) is 0 Å². The minimum absolute atomic E-state index is 0.309. The van der Waals surface area contributed by atoms with E-state index in [1.807, 2.05) is 13.0 Å². The Bertz CT molecular complexity index is 644. The van der Waals surface area contributed by atoms with Crippen molar-refractivity contribution in [3.8, 4) is 11.4 Å². The standard InChI is InChI=1S/C16H19BrFN3/c1-4-8-19-16-12(5-2)10(3)20-15(21-16)11-6-7-13(17)14(18)9-11/h6-7,9H,4-5,8H2,1-3H3,(H,19,20,21). The van der Waals surface area contributed by atoms with Crippen LogP contribution in [-0.4, -0.2) is 16.5 Å². The molecule has 5 heteroatoms. The molecule has 3 nitrogen and oxygen atoms in total. The fourth-order valence-corrected chi connectivity index (χ4v) is 2.42. The monoisotopic (exact) mass is 351 g/mol. The predicted octanol–water partition coefficient (Wildman–Crippen LogP) is 4.74. The molecular formula is C16H19BrFN3. The molecule has 0 fully saturated rings. The highest BCUT2D eigenvalue weighted by Gasteiger charge is 2.12.